The van der Waals surface area contributed by atoms with Crippen molar-refractivity contribution in [3.8, 4) is 0 Å². The van der Waals surface area contributed by atoms with Gasteiger partial charge < -0.3 is 10.1 Å². The van der Waals surface area contributed by atoms with E-state index in [4.69, 9.17) is 4.74 Å². The van der Waals surface area contributed by atoms with Gasteiger partial charge in [-0.25, -0.2) is 0 Å². The molecule has 26 heavy (non-hydrogen) atoms. The zero-order valence-corrected chi connectivity index (χ0v) is 16.1. The first-order valence-corrected chi connectivity index (χ1v) is 9.88. The highest BCUT2D eigenvalue weighted by atomic mass is 16.5. The van der Waals surface area contributed by atoms with Gasteiger partial charge in [-0.2, -0.15) is 0 Å². The number of carbonyl (C=O) groups excluding carboxylic acids is 3. The SMILES string of the molecule is C[C@@H]1CN([C@H](C)CNC(=O)CN2C(=O)[C@H]3CCCC[C@H]3C2=O)C[C@H](C)O1. The fraction of sp³-hybridized carbons (Fsp3) is 0.842. The van der Waals surface area contributed by atoms with Gasteiger partial charge in [0.05, 0.1) is 24.0 Å². The fourth-order valence-electron chi connectivity index (χ4n) is 4.55. The first kappa shape index (κ1) is 19.3. The highest BCUT2D eigenvalue weighted by Crippen LogP contribution is 2.37. The average molecular weight is 365 g/mol. The normalized spacial score (nSPS) is 33.9. The van der Waals surface area contributed by atoms with Crippen LogP contribution < -0.4 is 5.32 Å². The molecular weight excluding hydrogens is 334 g/mol. The van der Waals surface area contributed by atoms with Crippen molar-refractivity contribution < 1.29 is 19.1 Å². The lowest BCUT2D eigenvalue weighted by Gasteiger charge is -2.39. The summed E-state index contributed by atoms with van der Waals surface area (Å²) in [6.07, 6.45) is 3.90. The number of ether oxygens (including phenoxy) is 1. The lowest BCUT2D eigenvalue weighted by Crippen LogP contribution is -2.53. The summed E-state index contributed by atoms with van der Waals surface area (Å²) in [6.45, 7) is 8.22. The van der Waals surface area contributed by atoms with E-state index >= 15 is 0 Å². The summed E-state index contributed by atoms with van der Waals surface area (Å²) in [6, 6.07) is 0.181. The number of imide groups is 1. The van der Waals surface area contributed by atoms with Crippen molar-refractivity contribution in [3.05, 3.63) is 0 Å². The molecule has 5 atom stereocenters. The number of fused-ring (bicyclic) bond motifs is 1. The molecule has 2 saturated heterocycles. The number of hydrogen-bond donors (Lipinski definition) is 1. The molecule has 2 aliphatic heterocycles. The first-order chi connectivity index (χ1) is 12.4. The van der Waals surface area contributed by atoms with Crippen LogP contribution in [0.15, 0.2) is 0 Å². The molecule has 0 aromatic rings. The van der Waals surface area contributed by atoms with Crippen molar-refractivity contribution >= 4 is 17.7 Å². The van der Waals surface area contributed by atoms with E-state index in [1.165, 1.54) is 4.90 Å². The molecule has 1 N–H and O–H groups in total. The van der Waals surface area contributed by atoms with Gasteiger partial charge in [0.15, 0.2) is 0 Å². The summed E-state index contributed by atoms with van der Waals surface area (Å²) in [5.41, 5.74) is 0. The summed E-state index contributed by atoms with van der Waals surface area (Å²) in [5.74, 6) is -0.956. The smallest absolute Gasteiger partial charge is 0.240 e. The Kier molecular flexibility index (Phi) is 5.97. The summed E-state index contributed by atoms with van der Waals surface area (Å²) in [4.78, 5) is 40.7. The van der Waals surface area contributed by atoms with E-state index in [9.17, 15) is 14.4 Å². The fourth-order valence-corrected chi connectivity index (χ4v) is 4.55. The summed E-state index contributed by atoms with van der Waals surface area (Å²) in [7, 11) is 0. The van der Waals surface area contributed by atoms with E-state index in [2.05, 4.69) is 31.0 Å². The molecule has 3 aliphatic rings. The van der Waals surface area contributed by atoms with Crippen molar-refractivity contribution in [2.24, 2.45) is 11.8 Å². The molecule has 2 heterocycles. The van der Waals surface area contributed by atoms with Crippen molar-refractivity contribution in [1.82, 2.24) is 15.1 Å². The van der Waals surface area contributed by atoms with Crippen LogP contribution in [0.3, 0.4) is 0 Å². The van der Waals surface area contributed by atoms with Gasteiger partial charge in [-0.3, -0.25) is 24.2 Å². The molecule has 0 radical (unpaired) electrons. The van der Waals surface area contributed by atoms with Crippen molar-refractivity contribution in [1.29, 1.82) is 0 Å². The number of nitrogens with one attached hydrogen (secondary N) is 1. The van der Waals surface area contributed by atoms with Gasteiger partial charge >= 0.3 is 0 Å². The minimum atomic E-state index is -0.258. The minimum absolute atomic E-state index is 0.146. The highest BCUT2D eigenvalue weighted by Gasteiger charge is 2.48. The zero-order chi connectivity index (χ0) is 18.8. The predicted molar refractivity (Wildman–Crippen MR) is 96.2 cm³/mol. The standard InChI is InChI=1S/C19H31N3O4/c1-12(21-9-13(2)26-14(3)10-21)8-20-17(23)11-22-18(24)15-6-4-5-7-16(15)19(22)25/h12-16H,4-11H2,1-3H3,(H,20,23)/t12-,13-,14+,15-,16+/m1/s1. The van der Waals surface area contributed by atoms with Gasteiger partial charge in [-0.05, 0) is 33.6 Å². The zero-order valence-electron chi connectivity index (χ0n) is 16.1. The Labute approximate surface area is 155 Å². The van der Waals surface area contributed by atoms with Crippen LogP contribution in [0.1, 0.15) is 46.5 Å². The monoisotopic (exact) mass is 365 g/mol. The third-order valence-electron chi connectivity index (χ3n) is 5.90. The topological polar surface area (TPSA) is 79.0 Å². The average Bonchev–Trinajstić information content (AvgIpc) is 2.84. The third kappa shape index (κ3) is 4.09. The highest BCUT2D eigenvalue weighted by molar-refractivity contribution is 6.07. The van der Waals surface area contributed by atoms with Crippen LogP contribution in [0.5, 0.6) is 0 Å². The molecule has 0 unspecified atom stereocenters. The first-order valence-electron chi connectivity index (χ1n) is 9.88. The van der Waals surface area contributed by atoms with Gasteiger partial charge in [-0.1, -0.05) is 12.8 Å². The molecule has 0 aromatic carbocycles. The number of hydrogen-bond acceptors (Lipinski definition) is 5. The van der Waals surface area contributed by atoms with Gasteiger partial charge in [-0.15, -0.1) is 0 Å². The molecule has 3 amide bonds. The van der Waals surface area contributed by atoms with Gasteiger partial charge in [0, 0.05) is 25.7 Å². The number of carbonyl (C=O) groups is 3. The second kappa shape index (κ2) is 8.05. The van der Waals surface area contributed by atoms with E-state index in [-0.39, 0.29) is 54.4 Å². The predicted octanol–water partition coefficient (Wildman–Crippen LogP) is 0.776. The molecule has 3 rings (SSSR count). The molecule has 1 aliphatic carbocycles. The maximum absolute atomic E-state index is 12.4. The maximum Gasteiger partial charge on any atom is 0.240 e. The second-order valence-corrected chi connectivity index (χ2v) is 8.12. The number of likely N-dealkylation sites (tertiary alicyclic amines) is 1. The summed E-state index contributed by atoms with van der Waals surface area (Å²) < 4.78 is 5.74. The Morgan fingerprint density at radius 3 is 2.19 bits per heavy atom. The van der Waals surface area contributed by atoms with E-state index in [0.717, 1.165) is 38.8 Å². The Bertz CT molecular complexity index is 533. The Morgan fingerprint density at radius 1 is 1.12 bits per heavy atom. The van der Waals surface area contributed by atoms with Crippen LogP contribution in [-0.2, 0) is 19.1 Å². The maximum atomic E-state index is 12.4. The quantitative estimate of drug-likeness (QED) is 0.728. The molecule has 146 valence electrons. The van der Waals surface area contributed by atoms with E-state index in [1.54, 1.807) is 0 Å². The Balaban J connectivity index is 1.48. The number of amides is 3. The number of rotatable bonds is 5. The largest absolute Gasteiger partial charge is 0.373 e. The van der Waals surface area contributed by atoms with Crippen molar-refractivity contribution in [3.63, 3.8) is 0 Å². The molecule has 7 heteroatoms. The minimum Gasteiger partial charge on any atom is -0.373 e. The lowest BCUT2D eigenvalue weighted by atomic mass is 9.81. The third-order valence-corrected chi connectivity index (χ3v) is 5.90. The molecule has 7 nitrogen and oxygen atoms in total. The molecular formula is C19H31N3O4. The Hall–Kier alpha value is -1.47. The molecule has 0 spiro atoms. The van der Waals surface area contributed by atoms with Crippen LogP contribution in [0.4, 0.5) is 0 Å². The molecule has 1 saturated carbocycles. The van der Waals surface area contributed by atoms with Crippen LogP contribution in [0.2, 0.25) is 0 Å². The second-order valence-electron chi connectivity index (χ2n) is 8.12. The number of morpholine rings is 1. The van der Waals surface area contributed by atoms with Crippen LogP contribution in [-0.4, -0.2) is 72.0 Å². The molecule has 0 aromatic heterocycles. The van der Waals surface area contributed by atoms with Gasteiger partial charge in [0.25, 0.3) is 0 Å². The van der Waals surface area contributed by atoms with Crippen LogP contribution in [0.25, 0.3) is 0 Å². The van der Waals surface area contributed by atoms with E-state index in [0.29, 0.717) is 6.54 Å². The molecule has 0 bridgehead atoms. The van der Waals surface area contributed by atoms with E-state index < -0.39 is 0 Å². The van der Waals surface area contributed by atoms with E-state index in [1.807, 2.05) is 0 Å². The van der Waals surface area contributed by atoms with Gasteiger partial charge in [0.2, 0.25) is 17.7 Å². The molecule has 3 fully saturated rings. The van der Waals surface area contributed by atoms with Gasteiger partial charge in [0.1, 0.15) is 6.54 Å². The summed E-state index contributed by atoms with van der Waals surface area (Å²) in [5, 5.41) is 2.89. The van der Waals surface area contributed by atoms with Crippen LogP contribution in [0, 0.1) is 11.8 Å². The Morgan fingerprint density at radius 2 is 1.65 bits per heavy atom. The number of nitrogens with zero attached hydrogens (tertiary/aromatic N) is 2. The lowest BCUT2D eigenvalue weighted by molar-refractivity contribution is -0.143. The van der Waals surface area contributed by atoms with Crippen molar-refractivity contribution in [2.45, 2.75) is 64.7 Å². The summed E-state index contributed by atoms with van der Waals surface area (Å²) >= 11 is 0. The van der Waals surface area contributed by atoms with Crippen molar-refractivity contribution in [2.75, 3.05) is 26.2 Å². The van der Waals surface area contributed by atoms with Crippen LogP contribution >= 0.6 is 0 Å².